The van der Waals surface area contributed by atoms with Gasteiger partial charge < -0.3 is 4.90 Å². The highest BCUT2D eigenvalue weighted by Crippen LogP contribution is 2.31. The van der Waals surface area contributed by atoms with Gasteiger partial charge in [0.2, 0.25) is 0 Å². The molecule has 25 heavy (non-hydrogen) atoms. The van der Waals surface area contributed by atoms with Crippen LogP contribution in [0.15, 0.2) is 47.8 Å². The van der Waals surface area contributed by atoms with Gasteiger partial charge in [-0.2, -0.15) is 0 Å². The Morgan fingerprint density at radius 3 is 2.68 bits per heavy atom. The van der Waals surface area contributed by atoms with Gasteiger partial charge in [0.25, 0.3) is 0 Å². The number of fused-ring (bicyclic) bond motifs is 1. The molecule has 2 heterocycles. The van der Waals surface area contributed by atoms with E-state index in [0.717, 1.165) is 35.9 Å². The van der Waals surface area contributed by atoms with Crippen molar-refractivity contribution in [3.63, 3.8) is 0 Å². The van der Waals surface area contributed by atoms with Gasteiger partial charge in [-0.3, -0.25) is 4.57 Å². The highest BCUT2D eigenvalue weighted by atomic mass is 32.1. The summed E-state index contributed by atoms with van der Waals surface area (Å²) in [7, 11) is 3.60. The van der Waals surface area contributed by atoms with E-state index in [-0.39, 0.29) is 6.03 Å². The SMILES string of the molecule is CCCC/C(=C/c1cccs1)c1cc2ccccc2n1C(=O)N(C)C. The van der Waals surface area contributed by atoms with Crippen molar-refractivity contribution in [2.24, 2.45) is 0 Å². The van der Waals surface area contributed by atoms with Crippen LogP contribution in [0.2, 0.25) is 0 Å². The van der Waals surface area contributed by atoms with Crippen molar-refractivity contribution in [2.75, 3.05) is 14.1 Å². The lowest BCUT2D eigenvalue weighted by molar-refractivity contribution is 0.220. The minimum Gasteiger partial charge on any atom is -0.330 e. The first kappa shape index (κ1) is 17.5. The molecule has 0 fully saturated rings. The summed E-state index contributed by atoms with van der Waals surface area (Å²) in [6.07, 6.45) is 5.43. The Balaban J connectivity index is 2.19. The summed E-state index contributed by atoms with van der Waals surface area (Å²) in [6, 6.07) is 14.4. The zero-order valence-corrected chi connectivity index (χ0v) is 15.8. The first-order valence-electron chi connectivity index (χ1n) is 8.68. The third-order valence-corrected chi connectivity index (χ3v) is 5.09. The lowest BCUT2D eigenvalue weighted by atomic mass is 10.0. The van der Waals surface area contributed by atoms with Crippen molar-refractivity contribution in [3.8, 4) is 0 Å². The second-order valence-corrected chi connectivity index (χ2v) is 7.37. The Hall–Kier alpha value is -2.33. The van der Waals surface area contributed by atoms with Gasteiger partial charge in [0, 0.05) is 24.4 Å². The van der Waals surface area contributed by atoms with Gasteiger partial charge >= 0.3 is 6.03 Å². The number of carbonyl (C=O) groups excluding carboxylic acids is 1. The van der Waals surface area contributed by atoms with Gasteiger partial charge in [0.15, 0.2) is 0 Å². The Labute approximate surface area is 153 Å². The zero-order chi connectivity index (χ0) is 17.8. The molecule has 0 aliphatic heterocycles. The van der Waals surface area contributed by atoms with Gasteiger partial charge in [0.1, 0.15) is 0 Å². The molecule has 0 saturated heterocycles. The quantitative estimate of drug-likeness (QED) is 0.556. The summed E-state index contributed by atoms with van der Waals surface area (Å²) in [5.41, 5.74) is 3.18. The first-order valence-corrected chi connectivity index (χ1v) is 9.56. The fraction of sp³-hybridized carbons (Fsp3) is 0.286. The standard InChI is InChI=1S/C21H24N2OS/c1-4-5-9-16(14-18-11-8-13-25-18)20-15-17-10-6-7-12-19(17)23(20)21(24)22(2)3/h6-8,10-15H,4-5,9H2,1-3H3/b16-14-. The molecule has 3 nitrogen and oxygen atoms in total. The van der Waals surface area contributed by atoms with E-state index in [9.17, 15) is 4.79 Å². The molecule has 0 aliphatic rings. The van der Waals surface area contributed by atoms with E-state index < -0.39 is 0 Å². The molecule has 2 aromatic heterocycles. The summed E-state index contributed by atoms with van der Waals surface area (Å²) >= 11 is 1.73. The number of allylic oxidation sites excluding steroid dienone is 1. The van der Waals surface area contributed by atoms with Crippen molar-refractivity contribution in [3.05, 3.63) is 58.4 Å². The van der Waals surface area contributed by atoms with Crippen LogP contribution < -0.4 is 0 Å². The first-order chi connectivity index (χ1) is 12.1. The molecule has 0 aliphatic carbocycles. The molecular weight excluding hydrogens is 328 g/mol. The Morgan fingerprint density at radius 1 is 1.20 bits per heavy atom. The highest BCUT2D eigenvalue weighted by molar-refractivity contribution is 7.10. The second-order valence-electron chi connectivity index (χ2n) is 6.39. The molecule has 0 radical (unpaired) electrons. The second kappa shape index (κ2) is 7.70. The molecule has 3 aromatic rings. The van der Waals surface area contributed by atoms with Crippen molar-refractivity contribution in [1.82, 2.24) is 9.47 Å². The van der Waals surface area contributed by atoms with Crippen LogP contribution in [-0.4, -0.2) is 29.6 Å². The lowest BCUT2D eigenvalue weighted by Crippen LogP contribution is -2.28. The smallest absolute Gasteiger partial charge is 0.328 e. The largest absolute Gasteiger partial charge is 0.330 e. The molecule has 1 aromatic carbocycles. The fourth-order valence-electron chi connectivity index (χ4n) is 2.98. The molecule has 3 rings (SSSR count). The van der Waals surface area contributed by atoms with E-state index >= 15 is 0 Å². The van der Waals surface area contributed by atoms with Gasteiger partial charge in [-0.1, -0.05) is 37.6 Å². The topological polar surface area (TPSA) is 25.2 Å². The van der Waals surface area contributed by atoms with Crippen LogP contribution in [-0.2, 0) is 0 Å². The summed E-state index contributed by atoms with van der Waals surface area (Å²) in [6.45, 7) is 2.20. The average Bonchev–Trinajstić information content (AvgIpc) is 3.25. The maximum Gasteiger partial charge on any atom is 0.328 e. The summed E-state index contributed by atoms with van der Waals surface area (Å²) in [5.74, 6) is 0. The number of benzene rings is 1. The monoisotopic (exact) mass is 352 g/mol. The van der Waals surface area contributed by atoms with Gasteiger partial charge in [0.05, 0.1) is 11.2 Å². The van der Waals surface area contributed by atoms with Crippen LogP contribution in [0.3, 0.4) is 0 Å². The number of para-hydroxylation sites is 1. The van der Waals surface area contributed by atoms with Crippen molar-refractivity contribution < 1.29 is 4.79 Å². The normalized spacial score (nSPS) is 11.9. The predicted octanol–water partition coefficient (Wildman–Crippen LogP) is 5.96. The van der Waals surface area contributed by atoms with E-state index in [2.05, 4.69) is 42.6 Å². The molecule has 0 unspecified atom stereocenters. The number of carbonyl (C=O) groups is 1. The number of thiophene rings is 1. The number of rotatable bonds is 5. The number of hydrogen-bond acceptors (Lipinski definition) is 2. The number of amides is 1. The van der Waals surface area contributed by atoms with Gasteiger partial charge in [-0.25, -0.2) is 4.79 Å². The molecule has 0 atom stereocenters. The molecule has 4 heteroatoms. The molecule has 130 valence electrons. The summed E-state index contributed by atoms with van der Waals surface area (Å²) < 4.78 is 1.85. The highest BCUT2D eigenvalue weighted by Gasteiger charge is 2.19. The van der Waals surface area contributed by atoms with Crippen LogP contribution >= 0.6 is 11.3 Å². The number of unbranched alkanes of at least 4 members (excludes halogenated alkanes) is 1. The van der Waals surface area contributed by atoms with E-state index in [1.165, 1.54) is 10.5 Å². The molecular formula is C21H24N2OS. The van der Waals surface area contributed by atoms with Crippen LogP contribution in [0.1, 0.15) is 36.8 Å². The Bertz CT molecular complexity index is 888. The minimum absolute atomic E-state index is 0.00946. The lowest BCUT2D eigenvalue weighted by Gasteiger charge is -2.17. The Morgan fingerprint density at radius 2 is 2.00 bits per heavy atom. The van der Waals surface area contributed by atoms with Crippen molar-refractivity contribution in [2.45, 2.75) is 26.2 Å². The number of aromatic nitrogens is 1. The number of hydrogen-bond donors (Lipinski definition) is 0. The molecule has 1 amide bonds. The van der Waals surface area contributed by atoms with Crippen LogP contribution in [0.25, 0.3) is 22.6 Å². The van der Waals surface area contributed by atoms with E-state index in [4.69, 9.17) is 0 Å². The maximum absolute atomic E-state index is 12.9. The third-order valence-electron chi connectivity index (χ3n) is 4.27. The van der Waals surface area contributed by atoms with E-state index in [0.29, 0.717) is 0 Å². The fourth-order valence-corrected chi connectivity index (χ4v) is 3.67. The van der Waals surface area contributed by atoms with Crippen LogP contribution in [0, 0.1) is 0 Å². The van der Waals surface area contributed by atoms with Crippen LogP contribution in [0.5, 0.6) is 0 Å². The predicted molar refractivity (Wildman–Crippen MR) is 108 cm³/mol. The molecule has 0 spiro atoms. The zero-order valence-electron chi connectivity index (χ0n) is 15.0. The molecule has 0 bridgehead atoms. The maximum atomic E-state index is 12.9. The Kier molecular flexibility index (Phi) is 5.39. The summed E-state index contributed by atoms with van der Waals surface area (Å²) in [5, 5.41) is 3.19. The van der Waals surface area contributed by atoms with Gasteiger partial charge in [-0.15, -0.1) is 11.3 Å². The van der Waals surface area contributed by atoms with Gasteiger partial charge in [-0.05, 0) is 48.1 Å². The van der Waals surface area contributed by atoms with E-state index in [1.54, 1.807) is 30.3 Å². The van der Waals surface area contributed by atoms with Crippen molar-refractivity contribution in [1.29, 1.82) is 0 Å². The van der Waals surface area contributed by atoms with Crippen LogP contribution in [0.4, 0.5) is 4.79 Å². The minimum atomic E-state index is -0.00946. The average molecular weight is 353 g/mol. The third kappa shape index (κ3) is 3.69. The van der Waals surface area contributed by atoms with E-state index in [1.807, 2.05) is 22.8 Å². The molecule has 0 saturated carbocycles. The van der Waals surface area contributed by atoms with Crippen molar-refractivity contribution >= 4 is 39.9 Å². The summed E-state index contributed by atoms with van der Waals surface area (Å²) in [4.78, 5) is 15.7. The number of nitrogens with zero attached hydrogens (tertiary/aromatic N) is 2. The molecule has 0 N–H and O–H groups in total.